The van der Waals surface area contributed by atoms with Crippen LogP contribution < -0.4 is 10.5 Å². The molecule has 0 N–H and O–H groups in total. The number of halogens is 4. The number of hydrogen-bond donors (Lipinski definition) is 0. The lowest BCUT2D eigenvalue weighted by atomic mass is 9.75. The summed E-state index contributed by atoms with van der Waals surface area (Å²) in [4.78, 5) is 30.7. The zero-order valence-electron chi connectivity index (χ0n) is 16.8. The predicted molar refractivity (Wildman–Crippen MR) is 97.4 cm³/mol. The molecule has 3 heterocycles. The van der Waals surface area contributed by atoms with Crippen LogP contribution in [0.5, 0.6) is 0 Å². The zero-order valence-corrected chi connectivity index (χ0v) is 16.8. The summed E-state index contributed by atoms with van der Waals surface area (Å²) in [6.45, 7) is 6.01. The maximum atomic E-state index is 14.9. The zero-order chi connectivity index (χ0) is 21.7. The molecule has 0 spiro atoms. The number of rotatable bonds is 4. The van der Waals surface area contributed by atoms with Gasteiger partial charge in [0.2, 0.25) is 5.82 Å². The molecule has 0 amide bonds. The minimum Gasteiger partial charge on any atom is -0.377 e. The van der Waals surface area contributed by atoms with E-state index in [1.54, 1.807) is 20.8 Å². The molecule has 1 saturated heterocycles. The molecular weight excluding hydrogens is 394 g/mol. The average Bonchev–Trinajstić information content (AvgIpc) is 2.92. The van der Waals surface area contributed by atoms with Gasteiger partial charge in [0.25, 0.3) is 5.56 Å². The maximum absolute atomic E-state index is 14.9. The number of ketones is 1. The van der Waals surface area contributed by atoms with Crippen molar-refractivity contribution in [1.82, 2.24) is 9.55 Å². The van der Waals surface area contributed by atoms with E-state index in [2.05, 4.69) is 4.98 Å². The van der Waals surface area contributed by atoms with Crippen LogP contribution >= 0.6 is 0 Å². The fraction of sp³-hybridized carbons (Fsp3) is 0.737. The number of morpholine rings is 1. The van der Waals surface area contributed by atoms with Crippen molar-refractivity contribution in [2.45, 2.75) is 58.8 Å². The number of carbonyl (C=O) groups is 1. The van der Waals surface area contributed by atoms with Crippen molar-refractivity contribution in [3.8, 4) is 0 Å². The first kappa shape index (κ1) is 21.7. The number of fused-ring (bicyclic) bond motifs is 1. The van der Waals surface area contributed by atoms with E-state index in [1.807, 2.05) is 0 Å². The average molecular weight is 419 g/mol. The van der Waals surface area contributed by atoms with E-state index in [-0.39, 0.29) is 36.6 Å². The van der Waals surface area contributed by atoms with Gasteiger partial charge in [-0.1, -0.05) is 13.8 Å². The van der Waals surface area contributed by atoms with Crippen LogP contribution in [0, 0.1) is 17.2 Å². The molecule has 2 aliphatic heterocycles. The van der Waals surface area contributed by atoms with Crippen molar-refractivity contribution in [2.75, 3.05) is 24.7 Å². The van der Waals surface area contributed by atoms with Gasteiger partial charge in [0, 0.05) is 31.3 Å². The summed E-state index contributed by atoms with van der Waals surface area (Å²) in [5, 5.41) is 0. The summed E-state index contributed by atoms with van der Waals surface area (Å²) in [5.41, 5.74) is -3.53. The van der Waals surface area contributed by atoms with Crippen molar-refractivity contribution in [1.29, 1.82) is 0 Å². The Labute approximate surface area is 165 Å². The molecule has 6 nitrogen and oxygen atoms in total. The Morgan fingerprint density at radius 3 is 2.59 bits per heavy atom. The largest absolute Gasteiger partial charge is 0.396 e. The molecule has 1 aromatic rings. The number of anilines is 1. The van der Waals surface area contributed by atoms with Crippen LogP contribution in [0.4, 0.5) is 23.4 Å². The Hall–Kier alpha value is -1.97. The van der Waals surface area contributed by atoms with Crippen LogP contribution in [0.25, 0.3) is 0 Å². The lowest BCUT2D eigenvalue weighted by Gasteiger charge is -2.35. The van der Waals surface area contributed by atoms with E-state index in [1.165, 1.54) is 4.90 Å². The third-order valence-corrected chi connectivity index (χ3v) is 6.03. The van der Waals surface area contributed by atoms with Crippen LogP contribution in [0.15, 0.2) is 4.79 Å². The number of nitrogens with zero attached hydrogens (tertiary/aromatic N) is 3. The van der Waals surface area contributed by atoms with Gasteiger partial charge in [0.05, 0.1) is 24.7 Å². The van der Waals surface area contributed by atoms with Gasteiger partial charge >= 0.3 is 6.18 Å². The Morgan fingerprint density at radius 2 is 2.03 bits per heavy atom. The van der Waals surface area contributed by atoms with Crippen LogP contribution in [0.2, 0.25) is 0 Å². The fourth-order valence-electron chi connectivity index (χ4n) is 3.95. The number of Topliss-reactive ketones (excluding diaryl/α,β-unsaturated/α-hetero) is 1. The van der Waals surface area contributed by atoms with Gasteiger partial charge in [-0.05, 0) is 13.8 Å². The second-order valence-corrected chi connectivity index (χ2v) is 8.41. The summed E-state index contributed by atoms with van der Waals surface area (Å²) in [6.07, 6.45) is -5.11. The Bertz CT molecular complexity index is 867. The van der Waals surface area contributed by atoms with Crippen molar-refractivity contribution in [3.05, 3.63) is 22.0 Å². The van der Waals surface area contributed by atoms with E-state index >= 15 is 0 Å². The molecule has 2 aliphatic rings. The monoisotopic (exact) mass is 419 g/mol. The first-order valence-corrected chi connectivity index (χ1v) is 9.62. The van der Waals surface area contributed by atoms with Gasteiger partial charge in [-0.25, -0.2) is 4.98 Å². The van der Waals surface area contributed by atoms with Gasteiger partial charge in [-0.15, -0.1) is 0 Å². The molecule has 1 unspecified atom stereocenters. The number of alkyl halides is 3. The summed E-state index contributed by atoms with van der Waals surface area (Å²) < 4.78 is 62.9. The number of hydrogen-bond acceptors (Lipinski definition) is 5. The molecular formula is C19H25F4N3O3. The van der Waals surface area contributed by atoms with E-state index in [9.17, 15) is 27.2 Å². The van der Waals surface area contributed by atoms with Crippen LogP contribution in [0.3, 0.4) is 0 Å². The third kappa shape index (κ3) is 3.55. The van der Waals surface area contributed by atoms with Crippen molar-refractivity contribution >= 4 is 11.6 Å². The third-order valence-electron chi connectivity index (χ3n) is 6.03. The molecule has 0 aliphatic carbocycles. The minimum atomic E-state index is -4.70. The molecule has 1 aromatic heterocycles. The summed E-state index contributed by atoms with van der Waals surface area (Å²) in [5.74, 6) is -3.82. The highest BCUT2D eigenvalue weighted by Crippen LogP contribution is 2.54. The lowest BCUT2D eigenvalue weighted by Crippen LogP contribution is -2.46. The standard InChI is InChI=1S/C19H25F4N3O3/c1-10(2)13(27)7-12-15-24-16(25-5-6-29-8-11(25)3)14(20)17(28)26(15)9-18(12,4)19(21,22)23/h10-12H,5-9H2,1-4H3/t11-,12?,18-/m1/s1. The molecule has 162 valence electrons. The van der Waals surface area contributed by atoms with Crippen molar-refractivity contribution in [2.24, 2.45) is 11.3 Å². The van der Waals surface area contributed by atoms with Gasteiger partial charge in [0.15, 0.2) is 5.82 Å². The molecule has 3 atom stereocenters. The van der Waals surface area contributed by atoms with Crippen LogP contribution in [-0.4, -0.2) is 47.3 Å². The first-order valence-electron chi connectivity index (χ1n) is 9.62. The lowest BCUT2D eigenvalue weighted by molar-refractivity contribution is -0.225. The fourth-order valence-corrected chi connectivity index (χ4v) is 3.95. The second kappa shape index (κ2) is 7.37. The quantitative estimate of drug-likeness (QED) is 0.703. The molecule has 1 fully saturated rings. The minimum absolute atomic E-state index is 0.182. The summed E-state index contributed by atoms with van der Waals surface area (Å²) >= 11 is 0. The van der Waals surface area contributed by atoms with Crippen molar-refractivity contribution < 1.29 is 27.1 Å². The Morgan fingerprint density at radius 1 is 1.38 bits per heavy atom. The number of ether oxygens (including phenoxy) is 1. The van der Waals surface area contributed by atoms with E-state index in [4.69, 9.17) is 4.74 Å². The van der Waals surface area contributed by atoms with E-state index < -0.39 is 47.8 Å². The van der Waals surface area contributed by atoms with Gasteiger partial charge in [-0.2, -0.15) is 17.6 Å². The highest BCUT2D eigenvalue weighted by Gasteiger charge is 2.61. The summed E-state index contributed by atoms with van der Waals surface area (Å²) in [7, 11) is 0. The molecule has 29 heavy (non-hydrogen) atoms. The second-order valence-electron chi connectivity index (χ2n) is 8.41. The van der Waals surface area contributed by atoms with Crippen LogP contribution in [-0.2, 0) is 16.1 Å². The van der Waals surface area contributed by atoms with Gasteiger partial charge in [0.1, 0.15) is 11.6 Å². The SMILES string of the molecule is CC(C)C(=O)CC1c2nc(N3CCOC[C@H]3C)c(F)c(=O)n2C[C@@]1(C)C(F)(F)F. The van der Waals surface area contributed by atoms with E-state index in [0.29, 0.717) is 6.61 Å². The number of aromatic nitrogens is 2. The van der Waals surface area contributed by atoms with E-state index in [0.717, 1.165) is 11.5 Å². The smallest absolute Gasteiger partial charge is 0.377 e. The normalized spacial score (nSPS) is 27.4. The maximum Gasteiger partial charge on any atom is 0.396 e. The summed E-state index contributed by atoms with van der Waals surface area (Å²) in [6, 6.07) is -0.292. The molecule has 0 bridgehead atoms. The Balaban J connectivity index is 2.16. The van der Waals surface area contributed by atoms with Crippen molar-refractivity contribution in [3.63, 3.8) is 0 Å². The highest BCUT2D eigenvalue weighted by molar-refractivity contribution is 5.81. The highest BCUT2D eigenvalue weighted by atomic mass is 19.4. The number of carbonyl (C=O) groups excluding carboxylic acids is 1. The van der Waals surface area contributed by atoms with Crippen LogP contribution in [0.1, 0.15) is 45.9 Å². The van der Waals surface area contributed by atoms with Gasteiger partial charge in [-0.3, -0.25) is 14.2 Å². The molecule has 0 saturated carbocycles. The molecule has 10 heteroatoms. The Kier molecular flexibility index (Phi) is 5.53. The molecule has 0 aromatic carbocycles. The molecule has 3 rings (SSSR count). The topological polar surface area (TPSA) is 64.4 Å². The first-order chi connectivity index (χ1) is 13.4. The molecule has 0 radical (unpaired) electrons. The predicted octanol–water partition coefficient (Wildman–Crippen LogP) is 2.89. The van der Waals surface area contributed by atoms with Gasteiger partial charge < -0.3 is 9.64 Å².